The fraction of sp³-hybridized carbons (Fsp3) is 0.368. The molecule has 0 atom stereocenters. The van der Waals surface area contributed by atoms with Crippen LogP contribution in [0.3, 0.4) is 0 Å². The summed E-state index contributed by atoms with van der Waals surface area (Å²) in [5.74, 6) is -0.0226. The van der Waals surface area contributed by atoms with Crippen LogP contribution in [0.5, 0.6) is 0 Å². The molecule has 1 heterocycles. The van der Waals surface area contributed by atoms with E-state index < -0.39 is 0 Å². The summed E-state index contributed by atoms with van der Waals surface area (Å²) in [5.41, 5.74) is 6.73. The highest BCUT2D eigenvalue weighted by Crippen LogP contribution is 2.36. The van der Waals surface area contributed by atoms with Crippen molar-refractivity contribution in [1.29, 1.82) is 0 Å². The Morgan fingerprint density at radius 2 is 1.52 bits per heavy atom. The molecule has 4 rings (SSSR count). The normalized spacial score (nSPS) is 15.9. The maximum atomic E-state index is 12.7. The molecule has 2 aliphatic carbocycles. The van der Waals surface area contributed by atoms with Gasteiger partial charge in [0.25, 0.3) is 5.91 Å². The molecule has 0 spiro atoms. The van der Waals surface area contributed by atoms with Crippen molar-refractivity contribution in [2.24, 2.45) is 0 Å². The molecule has 0 aliphatic heterocycles. The van der Waals surface area contributed by atoms with Gasteiger partial charge in [-0.3, -0.25) is 9.78 Å². The highest BCUT2D eigenvalue weighted by Gasteiger charge is 2.25. The summed E-state index contributed by atoms with van der Waals surface area (Å²) in [6.45, 7) is 0. The molecule has 23 heavy (non-hydrogen) atoms. The number of pyridine rings is 1. The van der Waals surface area contributed by atoms with Gasteiger partial charge in [-0.25, -0.2) is 0 Å². The molecule has 1 amide bonds. The highest BCUT2D eigenvalue weighted by atomic mass is 79.9. The second kappa shape index (κ2) is 6.08. The zero-order chi connectivity index (χ0) is 15.8. The lowest BCUT2D eigenvalue weighted by Gasteiger charge is -2.22. The first kappa shape index (κ1) is 14.9. The van der Waals surface area contributed by atoms with Crippen molar-refractivity contribution >= 4 is 27.5 Å². The number of halogens is 1. The lowest BCUT2D eigenvalue weighted by Crippen LogP contribution is -2.18. The van der Waals surface area contributed by atoms with Gasteiger partial charge in [0.1, 0.15) is 0 Å². The zero-order valence-electron chi connectivity index (χ0n) is 13.0. The minimum Gasteiger partial charge on any atom is -0.321 e. The van der Waals surface area contributed by atoms with Crippen LogP contribution in [0.1, 0.15) is 52.1 Å². The van der Waals surface area contributed by atoms with Crippen LogP contribution in [0.25, 0.3) is 0 Å². The van der Waals surface area contributed by atoms with E-state index >= 15 is 0 Å². The van der Waals surface area contributed by atoms with E-state index in [4.69, 9.17) is 4.98 Å². The van der Waals surface area contributed by atoms with Crippen LogP contribution in [0.2, 0.25) is 0 Å². The Balaban J connectivity index is 1.72. The Hall–Kier alpha value is -1.68. The van der Waals surface area contributed by atoms with E-state index in [1.165, 1.54) is 35.4 Å². The second-order valence-electron chi connectivity index (χ2n) is 6.36. The molecule has 0 saturated heterocycles. The minimum absolute atomic E-state index is 0.0226. The molecule has 2 aromatic rings. The topological polar surface area (TPSA) is 42.0 Å². The van der Waals surface area contributed by atoms with Crippen molar-refractivity contribution < 1.29 is 4.79 Å². The molecular weight excluding hydrogens is 352 g/mol. The quantitative estimate of drug-likeness (QED) is 0.847. The summed E-state index contributed by atoms with van der Waals surface area (Å²) >= 11 is 3.41. The van der Waals surface area contributed by atoms with Crippen LogP contribution in [0.15, 0.2) is 28.7 Å². The molecular formula is C19H19BrN2O. The van der Waals surface area contributed by atoms with Crippen LogP contribution in [0, 0.1) is 0 Å². The third-order valence-electron chi connectivity index (χ3n) is 4.85. The number of nitrogens with one attached hydrogen (secondary N) is 1. The molecule has 2 aliphatic rings. The van der Waals surface area contributed by atoms with Crippen LogP contribution in [0.4, 0.5) is 5.69 Å². The lowest BCUT2D eigenvalue weighted by molar-refractivity contribution is 0.102. The summed E-state index contributed by atoms with van der Waals surface area (Å²) in [7, 11) is 0. The van der Waals surface area contributed by atoms with Gasteiger partial charge < -0.3 is 5.32 Å². The SMILES string of the molecule is O=C(Nc1c2c(nc3c1CCC3)CCCC2)c1ccc(Br)cc1. The second-order valence-corrected chi connectivity index (χ2v) is 7.27. The Morgan fingerprint density at radius 3 is 2.26 bits per heavy atom. The van der Waals surface area contributed by atoms with Crippen molar-refractivity contribution in [3.8, 4) is 0 Å². The Morgan fingerprint density at radius 1 is 0.913 bits per heavy atom. The number of carbonyl (C=O) groups excluding carboxylic acids is 1. The number of fused-ring (bicyclic) bond motifs is 2. The van der Waals surface area contributed by atoms with E-state index in [1.54, 1.807) is 0 Å². The number of benzene rings is 1. The number of carbonyl (C=O) groups is 1. The average Bonchev–Trinajstić information content (AvgIpc) is 3.03. The molecule has 0 bridgehead atoms. The predicted molar refractivity (Wildman–Crippen MR) is 95.0 cm³/mol. The van der Waals surface area contributed by atoms with Crippen LogP contribution in [-0.4, -0.2) is 10.9 Å². The molecule has 0 saturated carbocycles. The zero-order valence-corrected chi connectivity index (χ0v) is 14.6. The van der Waals surface area contributed by atoms with E-state index in [-0.39, 0.29) is 5.91 Å². The van der Waals surface area contributed by atoms with Crippen LogP contribution in [-0.2, 0) is 25.7 Å². The Labute approximate surface area is 144 Å². The standard InChI is InChI=1S/C19H19BrN2O/c20-13-10-8-12(9-11-13)19(23)22-18-14-4-1-2-6-16(14)21-17-7-3-5-15(17)18/h8-11H,1-7H2,(H,21,22,23). The first-order valence-corrected chi connectivity index (χ1v) is 9.12. The van der Waals surface area contributed by atoms with Gasteiger partial charge in [0.2, 0.25) is 0 Å². The molecule has 0 unspecified atom stereocenters. The first-order valence-electron chi connectivity index (χ1n) is 8.33. The van der Waals surface area contributed by atoms with Gasteiger partial charge in [0, 0.05) is 21.4 Å². The van der Waals surface area contributed by atoms with Gasteiger partial charge in [-0.1, -0.05) is 15.9 Å². The molecule has 0 radical (unpaired) electrons. The number of hydrogen-bond donors (Lipinski definition) is 1. The van der Waals surface area contributed by atoms with Gasteiger partial charge in [0.15, 0.2) is 0 Å². The molecule has 118 valence electrons. The highest BCUT2D eigenvalue weighted by molar-refractivity contribution is 9.10. The van der Waals surface area contributed by atoms with Crippen LogP contribution < -0.4 is 5.32 Å². The first-order chi connectivity index (χ1) is 11.2. The number of rotatable bonds is 2. The Bertz CT molecular complexity index is 768. The monoisotopic (exact) mass is 370 g/mol. The van der Waals surface area contributed by atoms with Gasteiger partial charge in [-0.15, -0.1) is 0 Å². The number of nitrogens with zero attached hydrogens (tertiary/aromatic N) is 1. The van der Waals surface area contributed by atoms with E-state index in [0.29, 0.717) is 5.56 Å². The number of aryl methyl sites for hydroxylation is 2. The smallest absolute Gasteiger partial charge is 0.255 e. The fourth-order valence-corrected chi connectivity index (χ4v) is 3.95. The van der Waals surface area contributed by atoms with Crippen molar-refractivity contribution in [3.63, 3.8) is 0 Å². The largest absolute Gasteiger partial charge is 0.321 e. The van der Waals surface area contributed by atoms with Gasteiger partial charge in [-0.2, -0.15) is 0 Å². The van der Waals surface area contributed by atoms with Gasteiger partial charge in [-0.05, 0) is 80.3 Å². The van der Waals surface area contributed by atoms with Crippen molar-refractivity contribution in [3.05, 3.63) is 56.8 Å². The molecule has 3 nitrogen and oxygen atoms in total. The minimum atomic E-state index is -0.0226. The lowest BCUT2D eigenvalue weighted by atomic mass is 9.92. The summed E-state index contributed by atoms with van der Waals surface area (Å²) in [5, 5.41) is 3.21. The summed E-state index contributed by atoms with van der Waals surface area (Å²) in [6.07, 6.45) is 7.70. The van der Waals surface area contributed by atoms with Crippen LogP contribution >= 0.6 is 15.9 Å². The van der Waals surface area contributed by atoms with E-state index in [1.807, 2.05) is 24.3 Å². The summed E-state index contributed by atoms with van der Waals surface area (Å²) < 4.78 is 0.983. The number of aromatic nitrogens is 1. The predicted octanol–water partition coefficient (Wildman–Crippen LogP) is 4.46. The molecule has 4 heteroatoms. The number of anilines is 1. The molecule has 1 aromatic heterocycles. The van der Waals surface area contributed by atoms with Gasteiger partial charge in [0.05, 0.1) is 5.69 Å². The maximum absolute atomic E-state index is 12.7. The van der Waals surface area contributed by atoms with Gasteiger partial charge >= 0.3 is 0 Å². The fourth-order valence-electron chi connectivity index (χ4n) is 3.69. The molecule has 1 aromatic carbocycles. The molecule has 0 fully saturated rings. The van der Waals surface area contributed by atoms with Crippen molar-refractivity contribution in [2.75, 3.05) is 5.32 Å². The number of hydrogen-bond acceptors (Lipinski definition) is 2. The summed E-state index contributed by atoms with van der Waals surface area (Å²) in [6, 6.07) is 7.52. The van der Waals surface area contributed by atoms with E-state index in [2.05, 4.69) is 21.2 Å². The maximum Gasteiger partial charge on any atom is 0.255 e. The van der Waals surface area contributed by atoms with Crippen molar-refractivity contribution in [2.45, 2.75) is 44.9 Å². The molecule has 1 N–H and O–H groups in total. The average molecular weight is 371 g/mol. The third kappa shape index (κ3) is 2.80. The number of amides is 1. The summed E-state index contributed by atoms with van der Waals surface area (Å²) in [4.78, 5) is 17.6. The van der Waals surface area contributed by atoms with E-state index in [0.717, 1.165) is 42.3 Å². The van der Waals surface area contributed by atoms with E-state index in [9.17, 15) is 4.79 Å². The Kier molecular flexibility index (Phi) is 3.93. The third-order valence-corrected chi connectivity index (χ3v) is 5.37. The van der Waals surface area contributed by atoms with Crippen molar-refractivity contribution in [1.82, 2.24) is 4.98 Å².